The predicted octanol–water partition coefficient (Wildman–Crippen LogP) is 2.77. The van der Waals surface area contributed by atoms with Crippen molar-refractivity contribution in [3.63, 3.8) is 0 Å². The minimum absolute atomic E-state index is 0.432. The van der Waals surface area contributed by atoms with Crippen molar-refractivity contribution in [3.8, 4) is 5.75 Å². The van der Waals surface area contributed by atoms with Crippen LogP contribution in [0.1, 0.15) is 5.56 Å². The smallest absolute Gasteiger partial charge is 0.172 e. The van der Waals surface area contributed by atoms with E-state index in [2.05, 4.69) is 4.98 Å². The van der Waals surface area contributed by atoms with Gasteiger partial charge in [0.25, 0.3) is 0 Å². The van der Waals surface area contributed by atoms with E-state index in [0.717, 1.165) is 10.6 Å². The fraction of sp³-hybridized carbons (Fsp3) is 0.375. The summed E-state index contributed by atoms with van der Waals surface area (Å²) in [6.45, 7) is 1.95. The molecule has 0 aliphatic rings. The molecule has 0 aliphatic carbocycles. The van der Waals surface area contributed by atoms with Crippen LogP contribution in [-0.4, -0.2) is 18.3 Å². The summed E-state index contributed by atoms with van der Waals surface area (Å²) in [6.07, 6.45) is 1.96. The number of pyridine rings is 1. The summed E-state index contributed by atoms with van der Waals surface area (Å²) in [6, 6.07) is 1.95. The number of nitrogens with zero attached hydrogens (tertiary/aromatic N) is 1. The van der Waals surface area contributed by atoms with E-state index in [4.69, 9.17) is 16.3 Å². The lowest BCUT2D eigenvalue weighted by Crippen LogP contribution is -1.92. The van der Waals surface area contributed by atoms with Gasteiger partial charge in [-0.15, -0.1) is 11.8 Å². The van der Waals surface area contributed by atoms with Crippen molar-refractivity contribution in [3.05, 3.63) is 16.8 Å². The molecule has 1 heterocycles. The summed E-state index contributed by atoms with van der Waals surface area (Å²) in [4.78, 5) is 4.13. The molecular weight excluding hydrogens is 194 g/mol. The van der Waals surface area contributed by atoms with Crippen LogP contribution in [0.3, 0.4) is 0 Å². The van der Waals surface area contributed by atoms with Gasteiger partial charge in [0.05, 0.1) is 12.1 Å². The molecule has 66 valence electrons. The summed E-state index contributed by atoms with van der Waals surface area (Å²) >= 11 is 7.43. The standard InChI is InChI=1S/C8H10ClNOS/c1-5-4-6(12-3)10-8(9)7(5)11-2/h4H,1-3H3. The molecule has 0 aliphatic heterocycles. The number of methoxy groups -OCH3 is 1. The molecule has 0 saturated carbocycles. The van der Waals surface area contributed by atoms with E-state index in [1.807, 2.05) is 19.2 Å². The largest absolute Gasteiger partial charge is 0.493 e. The molecule has 0 unspecified atom stereocenters. The van der Waals surface area contributed by atoms with E-state index in [-0.39, 0.29) is 0 Å². The van der Waals surface area contributed by atoms with E-state index < -0.39 is 0 Å². The van der Waals surface area contributed by atoms with E-state index in [1.54, 1.807) is 18.9 Å². The number of hydrogen-bond acceptors (Lipinski definition) is 3. The fourth-order valence-corrected chi connectivity index (χ4v) is 1.79. The Hall–Kier alpha value is -0.410. The first kappa shape index (κ1) is 9.68. The SMILES string of the molecule is COc1c(C)cc(SC)nc1Cl. The number of hydrogen-bond donors (Lipinski definition) is 0. The second kappa shape index (κ2) is 4.01. The Morgan fingerprint density at radius 3 is 2.67 bits per heavy atom. The molecule has 0 N–H and O–H groups in total. The highest BCUT2D eigenvalue weighted by molar-refractivity contribution is 7.98. The maximum atomic E-state index is 5.86. The van der Waals surface area contributed by atoms with Crippen LogP contribution >= 0.6 is 23.4 Å². The fourth-order valence-electron chi connectivity index (χ4n) is 0.943. The quantitative estimate of drug-likeness (QED) is 0.545. The Morgan fingerprint density at radius 1 is 1.58 bits per heavy atom. The van der Waals surface area contributed by atoms with Crippen LogP contribution in [0, 0.1) is 6.92 Å². The Labute approximate surface area is 81.3 Å². The molecule has 4 heteroatoms. The maximum Gasteiger partial charge on any atom is 0.172 e. The molecule has 1 rings (SSSR count). The van der Waals surface area contributed by atoms with Gasteiger partial charge in [0.2, 0.25) is 0 Å². The molecule has 1 aromatic rings. The van der Waals surface area contributed by atoms with Gasteiger partial charge >= 0.3 is 0 Å². The normalized spacial score (nSPS) is 10.0. The van der Waals surface area contributed by atoms with Gasteiger partial charge in [-0.2, -0.15) is 0 Å². The summed E-state index contributed by atoms with van der Waals surface area (Å²) < 4.78 is 5.07. The van der Waals surface area contributed by atoms with Gasteiger partial charge in [0, 0.05) is 0 Å². The Morgan fingerprint density at radius 2 is 2.25 bits per heavy atom. The zero-order valence-electron chi connectivity index (χ0n) is 7.22. The molecule has 2 nitrogen and oxygen atoms in total. The average Bonchev–Trinajstić information content (AvgIpc) is 2.03. The molecule has 0 radical (unpaired) electrons. The lowest BCUT2D eigenvalue weighted by molar-refractivity contribution is 0.409. The zero-order valence-corrected chi connectivity index (χ0v) is 8.79. The third-order valence-electron chi connectivity index (χ3n) is 1.51. The lowest BCUT2D eigenvalue weighted by atomic mass is 10.3. The second-order valence-corrected chi connectivity index (χ2v) is 3.49. The van der Waals surface area contributed by atoms with Crippen molar-refractivity contribution in [2.75, 3.05) is 13.4 Å². The average molecular weight is 204 g/mol. The Balaban J connectivity index is 3.18. The van der Waals surface area contributed by atoms with Crippen molar-refractivity contribution in [1.82, 2.24) is 4.98 Å². The highest BCUT2D eigenvalue weighted by atomic mass is 35.5. The summed E-state index contributed by atoms with van der Waals surface area (Å²) in [5.74, 6) is 0.662. The number of rotatable bonds is 2. The second-order valence-electron chi connectivity index (χ2n) is 2.31. The van der Waals surface area contributed by atoms with Gasteiger partial charge in [-0.05, 0) is 24.8 Å². The number of thioether (sulfide) groups is 1. The van der Waals surface area contributed by atoms with Crippen LogP contribution in [0.25, 0.3) is 0 Å². The number of halogens is 1. The first-order valence-corrected chi connectivity index (χ1v) is 5.04. The molecule has 0 fully saturated rings. The van der Waals surface area contributed by atoms with Crippen LogP contribution in [-0.2, 0) is 0 Å². The Kier molecular flexibility index (Phi) is 3.23. The van der Waals surface area contributed by atoms with Crippen LogP contribution in [0.4, 0.5) is 0 Å². The maximum absolute atomic E-state index is 5.86. The van der Waals surface area contributed by atoms with Gasteiger partial charge in [-0.25, -0.2) is 4.98 Å². The molecule has 0 atom stereocenters. The topological polar surface area (TPSA) is 22.1 Å². The van der Waals surface area contributed by atoms with E-state index in [0.29, 0.717) is 10.9 Å². The highest BCUT2D eigenvalue weighted by Gasteiger charge is 2.07. The molecule has 0 bridgehead atoms. The van der Waals surface area contributed by atoms with Crippen LogP contribution in [0.15, 0.2) is 11.1 Å². The van der Waals surface area contributed by atoms with E-state index in [9.17, 15) is 0 Å². The number of ether oxygens (including phenoxy) is 1. The van der Waals surface area contributed by atoms with E-state index >= 15 is 0 Å². The van der Waals surface area contributed by atoms with Crippen molar-refractivity contribution in [1.29, 1.82) is 0 Å². The summed E-state index contributed by atoms with van der Waals surface area (Å²) in [5.41, 5.74) is 1.02. The van der Waals surface area contributed by atoms with Gasteiger partial charge in [0.15, 0.2) is 10.9 Å². The number of aryl methyl sites for hydroxylation is 1. The van der Waals surface area contributed by atoms with E-state index in [1.165, 1.54) is 0 Å². The Bertz CT molecular complexity index is 267. The van der Waals surface area contributed by atoms with Crippen LogP contribution in [0.2, 0.25) is 5.15 Å². The predicted molar refractivity (Wildman–Crippen MR) is 52.3 cm³/mol. The van der Waals surface area contributed by atoms with Crippen LogP contribution in [0.5, 0.6) is 5.75 Å². The lowest BCUT2D eigenvalue weighted by Gasteiger charge is -2.06. The first-order valence-electron chi connectivity index (χ1n) is 3.44. The van der Waals surface area contributed by atoms with Gasteiger partial charge < -0.3 is 4.74 Å². The molecule has 0 spiro atoms. The third kappa shape index (κ3) is 1.84. The minimum Gasteiger partial charge on any atom is -0.493 e. The molecule has 0 aromatic carbocycles. The molecular formula is C8H10ClNOS. The molecule has 0 amide bonds. The van der Waals surface area contributed by atoms with Gasteiger partial charge in [0.1, 0.15) is 0 Å². The van der Waals surface area contributed by atoms with Crippen molar-refractivity contribution < 1.29 is 4.74 Å². The molecule has 1 aromatic heterocycles. The van der Waals surface area contributed by atoms with Gasteiger partial charge in [-0.3, -0.25) is 0 Å². The molecule has 0 saturated heterocycles. The minimum atomic E-state index is 0.432. The van der Waals surface area contributed by atoms with Crippen molar-refractivity contribution in [2.24, 2.45) is 0 Å². The zero-order chi connectivity index (χ0) is 9.14. The molecule has 12 heavy (non-hydrogen) atoms. The summed E-state index contributed by atoms with van der Waals surface area (Å²) in [7, 11) is 1.59. The summed E-state index contributed by atoms with van der Waals surface area (Å²) in [5, 5.41) is 1.35. The van der Waals surface area contributed by atoms with Crippen LogP contribution < -0.4 is 4.74 Å². The van der Waals surface area contributed by atoms with Crippen molar-refractivity contribution >= 4 is 23.4 Å². The number of aromatic nitrogens is 1. The monoisotopic (exact) mass is 203 g/mol. The highest BCUT2D eigenvalue weighted by Crippen LogP contribution is 2.29. The third-order valence-corrected chi connectivity index (χ3v) is 2.39. The van der Waals surface area contributed by atoms with Crippen molar-refractivity contribution in [2.45, 2.75) is 11.9 Å². The first-order chi connectivity index (χ1) is 5.69. The van der Waals surface area contributed by atoms with Gasteiger partial charge in [-0.1, -0.05) is 11.6 Å².